The van der Waals surface area contributed by atoms with Crippen LogP contribution < -0.4 is 0 Å². The second-order valence-corrected chi connectivity index (χ2v) is 2.70. The molecule has 0 amide bonds. The molecule has 3 atom stereocenters. The van der Waals surface area contributed by atoms with E-state index in [0.717, 1.165) is 0 Å². The van der Waals surface area contributed by atoms with Gasteiger partial charge in [0.15, 0.2) is 6.29 Å². The van der Waals surface area contributed by atoms with Crippen molar-refractivity contribution in [2.24, 2.45) is 0 Å². The minimum absolute atomic E-state index is 0.0104. The Balaban J connectivity index is 2.52. The van der Waals surface area contributed by atoms with Crippen molar-refractivity contribution < 1.29 is 9.84 Å². The third kappa shape index (κ3) is 1.33. The Morgan fingerprint density at radius 2 is 2.30 bits per heavy atom. The zero-order chi connectivity index (χ0) is 7.72. The van der Waals surface area contributed by atoms with Crippen molar-refractivity contribution in [3.05, 3.63) is 0 Å². The number of ether oxygens (including phenoxy) is 1. The van der Waals surface area contributed by atoms with Crippen molar-refractivity contribution in [1.29, 1.82) is 0 Å². The van der Waals surface area contributed by atoms with Gasteiger partial charge in [0.05, 0.1) is 20.5 Å². The zero-order valence-corrected chi connectivity index (χ0v) is 6.32. The molecular formula is C6H12BNO2. The van der Waals surface area contributed by atoms with E-state index in [1.807, 2.05) is 18.9 Å². The Bertz CT molecular complexity index is 108. The quantitative estimate of drug-likeness (QED) is 0.446. The van der Waals surface area contributed by atoms with Gasteiger partial charge in [0, 0.05) is 0 Å². The first-order valence-corrected chi connectivity index (χ1v) is 3.40. The van der Waals surface area contributed by atoms with Crippen molar-refractivity contribution in [1.82, 2.24) is 4.90 Å². The van der Waals surface area contributed by atoms with Crippen molar-refractivity contribution >= 4 is 7.85 Å². The van der Waals surface area contributed by atoms with E-state index in [4.69, 9.17) is 17.7 Å². The van der Waals surface area contributed by atoms with Crippen LogP contribution in [0, 0.1) is 0 Å². The molecule has 1 fully saturated rings. The summed E-state index contributed by atoms with van der Waals surface area (Å²) < 4.78 is 4.96. The maximum atomic E-state index is 9.15. The summed E-state index contributed by atoms with van der Waals surface area (Å²) in [6.07, 6.45) is -0.690. The maximum Gasteiger partial charge on any atom is 0.169 e. The van der Waals surface area contributed by atoms with E-state index in [9.17, 15) is 0 Å². The second kappa shape index (κ2) is 2.90. The normalized spacial score (nSPS) is 43.7. The van der Waals surface area contributed by atoms with Crippen LogP contribution in [0.4, 0.5) is 0 Å². The third-order valence-corrected chi connectivity index (χ3v) is 2.02. The summed E-state index contributed by atoms with van der Waals surface area (Å²) in [5.74, 6) is -0.0848. The van der Waals surface area contributed by atoms with Crippen LogP contribution >= 0.6 is 0 Å². The van der Waals surface area contributed by atoms with Crippen molar-refractivity contribution in [3.8, 4) is 0 Å². The van der Waals surface area contributed by atoms with Gasteiger partial charge in [-0.05, 0) is 19.9 Å². The van der Waals surface area contributed by atoms with Crippen LogP contribution in [-0.4, -0.2) is 49.8 Å². The topological polar surface area (TPSA) is 32.7 Å². The summed E-state index contributed by atoms with van der Waals surface area (Å²) >= 11 is 0. The summed E-state index contributed by atoms with van der Waals surface area (Å²) in [5, 5.41) is 9.15. The maximum absolute atomic E-state index is 9.15. The molecule has 1 aliphatic rings. The molecule has 1 heterocycles. The summed E-state index contributed by atoms with van der Waals surface area (Å²) in [7, 11) is 7.50. The third-order valence-electron chi connectivity index (χ3n) is 2.02. The first-order valence-electron chi connectivity index (χ1n) is 3.40. The number of nitrogens with zero attached hydrogens (tertiary/aromatic N) is 1. The van der Waals surface area contributed by atoms with E-state index in [-0.39, 0.29) is 12.0 Å². The number of aliphatic hydroxyl groups excluding tert-OH is 1. The fourth-order valence-electron chi connectivity index (χ4n) is 0.957. The molecule has 10 heavy (non-hydrogen) atoms. The van der Waals surface area contributed by atoms with Gasteiger partial charge in [0.2, 0.25) is 0 Å². The van der Waals surface area contributed by atoms with Crippen LogP contribution in [0.1, 0.15) is 6.92 Å². The molecule has 1 N–H and O–H groups in total. The molecule has 1 saturated heterocycles. The van der Waals surface area contributed by atoms with Gasteiger partial charge < -0.3 is 14.7 Å². The monoisotopic (exact) mass is 141 g/mol. The van der Waals surface area contributed by atoms with Gasteiger partial charge >= 0.3 is 0 Å². The first-order chi connectivity index (χ1) is 4.63. The lowest BCUT2D eigenvalue weighted by molar-refractivity contribution is -0.176. The number of hydrogen-bond donors (Lipinski definition) is 1. The van der Waals surface area contributed by atoms with Crippen molar-refractivity contribution in [2.45, 2.75) is 25.2 Å². The number of hydrogen-bond acceptors (Lipinski definition) is 3. The summed E-state index contributed by atoms with van der Waals surface area (Å²) in [6, 6.07) is -0.0104. The first kappa shape index (κ1) is 8.05. The molecular weight excluding hydrogens is 129 g/mol. The Morgan fingerprint density at radius 1 is 1.70 bits per heavy atom. The van der Waals surface area contributed by atoms with Gasteiger partial charge in [-0.2, -0.15) is 0 Å². The van der Waals surface area contributed by atoms with Crippen LogP contribution in [0.15, 0.2) is 0 Å². The van der Waals surface area contributed by atoms with Crippen molar-refractivity contribution in [3.63, 3.8) is 0 Å². The molecule has 0 aliphatic carbocycles. The average molecular weight is 141 g/mol. The summed E-state index contributed by atoms with van der Waals surface area (Å²) in [6.45, 7) is 2.28. The van der Waals surface area contributed by atoms with Crippen molar-refractivity contribution in [2.75, 3.05) is 13.7 Å². The minimum Gasteiger partial charge on any atom is -0.367 e. The number of morpholine rings is 1. The Morgan fingerprint density at radius 3 is 2.80 bits per heavy atom. The fraction of sp³-hybridized carbons (Fsp3) is 1.00. The lowest BCUT2D eigenvalue weighted by Gasteiger charge is -2.39. The molecule has 56 valence electrons. The largest absolute Gasteiger partial charge is 0.367 e. The number of likely N-dealkylation sites (N-methyl/N-ethyl adjacent to an activating group) is 1. The van der Waals surface area contributed by atoms with Gasteiger partial charge in [-0.25, -0.2) is 0 Å². The van der Waals surface area contributed by atoms with Gasteiger partial charge in [-0.3, -0.25) is 0 Å². The fourth-order valence-corrected chi connectivity index (χ4v) is 0.957. The number of aliphatic hydroxyl groups is 1. The highest BCUT2D eigenvalue weighted by molar-refractivity contribution is 6.11. The molecule has 0 bridgehead atoms. The molecule has 0 aromatic rings. The van der Waals surface area contributed by atoms with Gasteiger partial charge in [0.1, 0.15) is 0 Å². The Labute approximate surface area is 62.4 Å². The highest BCUT2D eigenvalue weighted by atomic mass is 16.6. The van der Waals surface area contributed by atoms with Crippen LogP contribution in [0.2, 0.25) is 0 Å². The van der Waals surface area contributed by atoms with E-state index in [0.29, 0.717) is 6.61 Å². The molecule has 0 aromatic heterocycles. The highest BCUT2D eigenvalue weighted by Gasteiger charge is 2.28. The van der Waals surface area contributed by atoms with Crippen LogP contribution in [0.25, 0.3) is 0 Å². The van der Waals surface area contributed by atoms with Crippen LogP contribution in [0.5, 0.6) is 0 Å². The van der Waals surface area contributed by atoms with Crippen LogP contribution in [0.3, 0.4) is 0 Å². The molecule has 1 aliphatic heterocycles. The molecule has 3 unspecified atom stereocenters. The molecule has 0 aromatic carbocycles. The Hall–Kier alpha value is -0.0551. The lowest BCUT2D eigenvalue weighted by Crippen LogP contribution is -2.53. The molecule has 0 saturated carbocycles. The van der Waals surface area contributed by atoms with E-state index < -0.39 is 6.29 Å². The smallest absolute Gasteiger partial charge is 0.169 e. The predicted octanol–water partition coefficient (Wildman–Crippen LogP) is -0.850. The van der Waals surface area contributed by atoms with Gasteiger partial charge in [-0.1, -0.05) is 0 Å². The van der Waals surface area contributed by atoms with E-state index in [1.165, 1.54) is 0 Å². The predicted molar refractivity (Wildman–Crippen MR) is 38.7 cm³/mol. The molecule has 0 spiro atoms. The Kier molecular flexibility index (Phi) is 2.34. The summed E-state index contributed by atoms with van der Waals surface area (Å²) in [5.41, 5.74) is 0. The zero-order valence-electron chi connectivity index (χ0n) is 6.32. The molecule has 1 rings (SSSR count). The SMILES string of the molecule is [B]C1COC(O)C(C)N1C. The molecule has 3 nitrogen and oxygen atoms in total. The number of rotatable bonds is 0. The van der Waals surface area contributed by atoms with Crippen LogP contribution in [-0.2, 0) is 4.74 Å². The van der Waals surface area contributed by atoms with E-state index in [2.05, 4.69) is 0 Å². The average Bonchev–Trinajstić information content (AvgIpc) is 1.93. The summed E-state index contributed by atoms with van der Waals surface area (Å²) in [4.78, 5) is 1.90. The molecule has 4 heteroatoms. The lowest BCUT2D eigenvalue weighted by atomic mass is 9.93. The minimum atomic E-state index is -0.690. The second-order valence-electron chi connectivity index (χ2n) is 2.70. The van der Waals surface area contributed by atoms with E-state index >= 15 is 0 Å². The highest BCUT2D eigenvalue weighted by Crippen LogP contribution is 2.12. The molecule has 2 radical (unpaired) electrons. The van der Waals surface area contributed by atoms with E-state index in [1.54, 1.807) is 0 Å². The van der Waals surface area contributed by atoms with Gasteiger partial charge in [0.25, 0.3) is 0 Å². The standard InChI is InChI=1S/C6H12BNO2/c1-4-6(9)10-3-5(7)8(4)2/h4-6,9H,3H2,1-2H3. The van der Waals surface area contributed by atoms with Gasteiger partial charge in [-0.15, -0.1) is 0 Å².